The Kier molecular flexibility index (Phi) is 5.72. The number of alkyl halides is 3. The zero-order chi connectivity index (χ0) is 16.3. The minimum atomic E-state index is -4.18. The maximum absolute atomic E-state index is 12.3. The number of aliphatic carboxylic acids is 1. The lowest BCUT2D eigenvalue weighted by Crippen LogP contribution is -2.19. The van der Waals surface area contributed by atoms with Gasteiger partial charge < -0.3 is 9.67 Å². The molecule has 4 nitrogen and oxygen atoms in total. The highest BCUT2D eigenvalue weighted by atomic mass is 32.2. The Morgan fingerprint density at radius 2 is 2.00 bits per heavy atom. The molecule has 0 unspecified atom stereocenters. The van der Waals surface area contributed by atoms with Crippen LogP contribution in [0, 0.1) is 0 Å². The van der Waals surface area contributed by atoms with Gasteiger partial charge in [0.2, 0.25) is 0 Å². The number of carboxylic acid groups (broad SMARTS) is 1. The molecule has 0 atom stereocenters. The average molecular weight is 324 g/mol. The van der Waals surface area contributed by atoms with Crippen molar-refractivity contribution in [1.82, 2.24) is 9.55 Å². The first-order valence-corrected chi connectivity index (χ1v) is 7.46. The van der Waals surface area contributed by atoms with Crippen molar-refractivity contribution in [3.05, 3.63) is 11.9 Å². The van der Waals surface area contributed by atoms with Crippen LogP contribution in [0.2, 0.25) is 0 Å². The van der Waals surface area contributed by atoms with Gasteiger partial charge in [-0.2, -0.15) is 13.2 Å². The van der Waals surface area contributed by atoms with Gasteiger partial charge in [-0.25, -0.2) is 4.98 Å². The van der Waals surface area contributed by atoms with E-state index in [2.05, 4.69) is 4.98 Å². The molecule has 0 aliphatic carbocycles. The van der Waals surface area contributed by atoms with Gasteiger partial charge in [-0.3, -0.25) is 4.79 Å². The SMILES string of the molecule is CC(C)(C)c1cnc(SCC(=O)O)n1CCCC(F)(F)F. The maximum Gasteiger partial charge on any atom is 0.389 e. The number of rotatable bonds is 6. The Morgan fingerprint density at radius 3 is 2.48 bits per heavy atom. The minimum absolute atomic E-state index is 0.0520. The predicted octanol–water partition coefficient (Wildman–Crippen LogP) is 3.70. The van der Waals surface area contributed by atoms with Gasteiger partial charge >= 0.3 is 12.1 Å². The third-order valence-corrected chi connectivity index (χ3v) is 3.73. The van der Waals surface area contributed by atoms with Crippen LogP contribution in [0.15, 0.2) is 11.4 Å². The summed E-state index contributed by atoms with van der Waals surface area (Å²) >= 11 is 1.02. The number of aromatic nitrogens is 2. The van der Waals surface area contributed by atoms with E-state index in [1.807, 2.05) is 20.8 Å². The van der Waals surface area contributed by atoms with Crippen molar-refractivity contribution < 1.29 is 23.1 Å². The second kappa shape index (κ2) is 6.72. The van der Waals surface area contributed by atoms with E-state index in [9.17, 15) is 18.0 Å². The molecule has 0 bridgehead atoms. The molecule has 1 N–H and O–H groups in total. The zero-order valence-corrected chi connectivity index (χ0v) is 13.0. The van der Waals surface area contributed by atoms with Crippen molar-refractivity contribution in [1.29, 1.82) is 0 Å². The number of halogens is 3. The monoisotopic (exact) mass is 324 g/mol. The highest BCUT2D eigenvalue weighted by Crippen LogP contribution is 2.29. The quantitative estimate of drug-likeness (QED) is 0.811. The van der Waals surface area contributed by atoms with Crippen molar-refractivity contribution in [2.45, 2.75) is 56.9 Å². The summed E-state index contributed by atoms with van der Waals surface area (Å²) in [6.07, 6.45) is -3.49. The number of hydrogen-bond donors (Lipinski definition) is 1. The van der Waals surface area contributed by atoms with E-state index in [1.165, 1.54) is 0 Å². The molecule has 1 heterocycles. The first kappa shape index (κ1) is 17.9. The molecule has 0 aromatic carbocycles. The molecule has 0 amide bonds. The van der Waals surface area contributed by atoms with E-state index in [-0.39, 0.29) is 24.1 Å². The third-order valence-electron chi connectivity index (χ3n) is 2.75. The van der Waals surface area contributed by atoms with E-state index in [0.717, 1.165) is 17.5 Å². The van der Waals surface area contributed by atoms with E-state index in [4.69, 9.17) is 5.11 Å². The highest BCUT2D eigenvalue weighted by Gasteiger charge is 2.27. The number of thioether (sulfide) groups is 1. The van der Waals surface area contributed by atoms with Crippen molar-refractivity contribution in [2.24, 2.45) is 0 Å². The summed E-state index contributed by atoms with van der Waals surface area (Å²) in [5.41, 5.74) is 0.533. The molecule has 0 saturated heterocycles. The molecule has 0 aliphatic rings. The molecule has 8 heteroatoms. The van der Waals surface area contributed by atoms with Gasteiger partial charge in [0.15, 0.2) is 5.16 Å². The van der Waals surface area contributed by atoms with Crippen LogP contribution in [0.4, 0.5) is 13.2 Å². The van der Waals surface area contributed by atoms with Gasteiger partial charge in [-0.15, -0.1) is 0 Å². The van der Waals surface area contributed by atoms with Crippen LogP contribution >= 0.6 is 11.8 Å². The van der Waals surface area contributed by atoms with Crippen LogP contribution in [-0.4, -0.2) is 32.6 Å². The topological polar surface area (TPSA) is 55.1 Å². The molecule has 0 aliphatic heterocycles. The van der Waals surface area contributed by atoms with Gasteiger partial charge in [0, 0.05) is 30.3 Å². The Balaban J connectivity index is 2.89. The zero-order valence-electron chi connectivity index (χ0n) is 12.2. The smallest absolute Gasteiger partial charge is 0.389 e. The number of hydrogen-bond acceptors (Lipinski definition) is 3. The highest BCUT2D eigenvalue weighted by molar-refractivity contribution is 7.99. The molecule has 0 fully saturated rings. The largest absolute Gasteiger partial charge is 0.481 e. The van der Waals surface area contributed by atoms with E-state index < -0.39 is 18.6 Å². The van der Waals surface area contributed by atoms with Crippen molar-refractivity contribution in [3.63, 3.8) is 0 Å². The van der Waals surface area contributed by atoms with Crippen LogP contribution in [0.5, 0.6) is 0 Å². The molecular formula is C13H19F3N2O2S. The van der Waals surface area contributed by atoms with Gasteiger partial charge in [0.25, 0.3) is 0 Å². The lowest BCUT2D eigenvalue weighted by Gasteiger charge is -2.22. The molecule has 1 aromatic rings. The van der Waals surface area contributed by atoms with Crippen molar-refractivity contribution >= 4 is 17.7 Å². The standard InChI is InChI=1S/C13H19F3N2O2S/c1-12(2,3)9-7-17-11(21-8-10(19)20)18(9)6-4-5-13(14,15)16/h7H,4-6,8H2,1-3H3,(H,19,20). The molecule has 120 valence electrons. The molecule has 1 rings (SSSR count). The summed E-state index contributed by atoms with van der Waals surface area (Å²) in [6.45, 7) is 6.00. The Morgan fingerprint density at radius 1 is 1.38 bits per heavy atom. The van der Waals surface area contributed by atoms with Crippen LogP contribution in [0.25, 0.3) is 0 Å². The minimum Gasteiger partial charge on any atom is -0.481 e. The van der Waals surface area contributed by atoms with Gasteiger partial charge in [-0.05, 0) is 6.42 Å². The van der Waals surface area contributed by atoms with E-state index in [0.29, 0.717) is 5.16 Å². The summed E-state index contributed by atoms with van der Waals surface area (Å²) in [7, 11) is 0. The predicted molar refractivity (Wildman–Crippen MR) is 74.6 cm³/mol. The fourth-order valence-corrected chi connectivity index (χ4v) is 2.58. The molecule has 1 aromatic heterocycles. The second-order valence-corrected chi connectivity index (χ2v) is 6.67. The Bertz CT molecular complexity index is 493. The summed E-state index contributed by atoms with van der Waals surface area (Å²) in [5.74, 6) is -1.15. The van der Waals surface area contributed by atoms with Crippen LogP contribution in [0.3, 0.4) is 0 Å². The van der Waals surface area contributed by atoms with Gasteiger partial charge in [0.05, 0.1) is 5.75 Å². The fraction of sp³-hybridized carbons (Fsp3) is 0.692. The number of carbonyl (C=O) groups is 1. The van der Waals surface area contributed by atoms with Gasteiger partial charge in [0.1, 0.15) is 0 Å². The molecule has 21 heavy (non-hydrogen) atoms. The normalized spacial score (nSPS) is 12.7. The second-order valence-electron chi connectivity index (χ2n) is 5.73. The average Bonchev–Trinajstić information content (AvgIpc) is 2.67. The lowest BCUT2D eigenvalue weighted by atomic mass is 9.92. The molecular weight excluding hydrogens is 305 g/mol. The van der Waals surface area contributed by atoms with Crippen LogP contribution in [0.1, 0.15) is 39.3 Å². The summed E-state index contributed by atoms with van der Waals surface area (Å²) in [4.78, 5) is 14.8. The molecule has 0 spiro atoms. The first-order valence-electron chi connectivity index (χ1n) is 6.48. The number of carboxylic acids is 1. The van der Waals surface area contributed by atoms with E-state index >= 15 is 0 Å². The number of nitrogens with zero attached hydrogens (tertiary/aromatic N) is 2. The first-order chi connectivity index (χ1) is 9.50. The molecule has 0 saturated carbocycles. The fourth-order valence-electron chi connectivity index (χ4n) is 1.85. The van der Waals surface area contributed by atoms with Crippen LogP contribution in [-0.2, 0) is 16.8 Å². The summed E-state index contributed by atoms with van der Waals surface area (Å²) in [6, 6.07) is 0. The summed E-state index contributed by atoms with van der Waals surface area (Å²) in [5, 5.41) is 9.16. The Hall–Kier alpha value is -1.18. The Labute approximate surface area is 125 Å². The van der Waals surface area contributed by atoms with Crippen molar-refractivity contribution in [2.75, 3.05) is 5.75 Å². The van der Waals surface area contributed by atoms with E-state index in [1.54, 1.807) is 10.8 Å². The maximum atomic E-state index is 12.3. The van der Waals surface area contributed by atoms with Crippen LogP contribution < -0.4 is 0 Å². The molecule has 0 radical (unpaired) electrons. The lowest BCUT2D eigenvalue weighted by molar-refractivity contribution is -0.136. The van der Waals surface area contributed by atoms with Gasteiger partial charge in [-0.1, -0.05) is 32.5 Å². The third kappa shape index (κ3) is 5.99. The summed E-state index contributed by atoms with van der Waals surface area (Å²) < 4.78 is 38.5. The number of imidazole rings is 1. The van der Waals surface area contributed by atoms with Crippen molar-refractivity contribution in [3.8, 4) is 0 Å².